The summed E-state index contributed by atoms with van der Waals surface area (Å²) in [6, 6.07) is 11.6. The van der Waals surface area contributed by atoms with Crippen LogP contribution in [0.1, 0.15) is 48.0 Å². The lowest BCUT2D eigenvalue weighted by molar-refractivity contribution is 0.0706. The van der Waals surface area contributed by atoms with Crippen molar-refractivity contribution in [2.75, 3.05) is 20.2 Å². The van der Waals surface area contributed by atoms with Gasteiger partial charge in [-0.2, -0.15) is 0 Å². The average Bonchev–Trinajstić information content (AvgIpc) is 3.18. The van der Waals surface area contributed by atoms with E-state index in [0.717, 1.165) is 29.9 Å². The van der Waals surface area contributed by atoms with Gasteiger partial charge in [-0.05, 0) is 51.0 Å². The largest absolute Gasteiger partial charge is 0.493 e. The van der Waals surface area contributed by atoms with Gasteiger partial charge in [-0.15, -0.1) is 11.3 Å². The SMILES string of the molecule is COc1cc(C(=O)N2CCC[C@H](c3nc4ccccc4s3)C2)cc(Cl)c1OC(C)C. The third-order valence-corrected chi connectivity index (χ3v) is 6.68. The molecule has 1 aliphatic rings. The van der Waals surface area contributed by atoms with E-state index in [1.54, 1.807) is 30.6 Å². The minimum atomic E-state index is -0.0467. The fourth-order valence-electron chi connectivity index (χ4n) is 3.80. The summed E-state index contributed by atoms with van der Waals surface area (Å²) in [5.74, 6) is 1.15. The van der Waals surface area contributed by atoms with E-state index in [4.69, 9.17) is 26.1 Å². The van der Waals surface area contributed by atoms with Crippen LogP contribution in [0.15, 0.2) is 36.4 Å². The first-order chi connectivity index (χ1) is 14.5. The predicted molar refractivity (Wildman–Crippen MR) is 121 cm³/mol. The number of benzene rings is 2. The minimum Gasteiger partial charge on any atom is -0.493 e. The predicted octanol–water partition coefficient (Wildman–Crippen LogP) is 5.77. The molecule has 0 radical (unpaired) electrons. The number of halogens is 1. The van der Waals surface area contributed by atoms with Crippen molar-refractivity contribution in [1.82, 2.24) is 9.88 Å². The third-order valence-electron chi connectivity index (χ3n) is 5.20. The van der Waals surface area contributed by atoms with Gasteiger partial charge < -0.3 is 14.4 Å². The summed E-state index contributed by atoms with van der Waals surface area (Å²) in [7, 11) is 1.55. The molecule has 4 rings (SSSR count). The van der Waals surface area contributed by atoms with Gasteiger partial charge in [0.15, 0.2) is 11.5 Å². The maximum absolute atomic E-state index is 13.3. The maximum Gasteiger partial charge on any atom is 0.254 e. The maximum atomic E-state index is 13.3. The molecule has 0 saturated carbocycles. The van der Waals surface area contributed by atoms with Crippen molar-refractivity contribution in [1.29, 1.82) is 0 Å². The van der Waals surface area contributed by atoms with Crippen molar-refractivity contribution >= 4 is 39.1 Å². The molecule has 1 aliphatic heterocycles. The average molecular weight is 445 g/mol. The van der Waals surface area contributed by atoms with Crippen molar-refractivity contribution < 1.29 is 14.3 Å². The number of methoxy groups -OCH3 is 1. The first-order valence-corrected chi connectivity index (χ1v) is 11.3. The van der Waals surface area contributed by atoms with E-state index in [0.29, 0.717) is 28.6 Å². The highest BCUT2D eigenvalue weighted by atomic mass is 35.5. The molecule has 3 aromatic rings. The van der Waals surface area contributed by atoms with Gasteiger partial charge >= 0.3 is 0 Å². The van der Waals surface area contributed by atoms with Gasteiger partial charge in [-0.3, -0.25) is 4.79 Å². The molecule has 1 fully saturated rings. The van der Waals surface area contributed by atoms with Gasteiger partial charge in [0, 0.05) is 24.6 Å². The Hall–Kier alpha value is -2.31. The molecule has 1 saturated heterocycles. The number of rotatable bonds is 5. The van der Waals surface area contributed by atoms with Gasteiger partial charge in [0.25, 0.3) is 5.91 Å². The summed E-state index contributed by atoms with van der Waals surface area (Å²) in [4.78, 5) is 20.0. The summed E-state index contributed by atoms with van der Waals surface area (Å²) >= 11 is 8.15. The summed E-state index contributed by atoms with van der Waals surface area (Å²) in [6.07, 6.45) is 1.94. The second-order valence-corrected chi connectivity index (χ2v) is 9.24. The zero-order valence-corrected chi connectivity index (χ0v) is 18.9. The molecule has 0 unspecified atom stereocenters. The molecule has 2 aromatic carbocycles. The Kier molecular flexibility index (Phi) is 6.16. The Morgan fingerprint density at radius 3 is 2.83 bits per heavy atom. The van der Waals surface area contributed by atoms with E-state index in [9.17, 15) is 4.79 Å². The molecule has 30 heavy (non-hydrogen) atoms. The van der Waals surface area contributed by atoms with E-state index in [-0.39, 0.29) is 17.9 Å². The van der Waals surface area contributed by atoms with Crippen LogP contribution < -0.4 is 9.47 Å². The number of ether oxygens (including phenoxy) is 2. The van der Waals surface area contributed by atoms with E-state index < -0.39 is 0 Å². The van der Waals surface area contributed by atoms with Crippen LogP contribution in [-0.4, -0.2) is 42.1 Å². The first kappa shape index (κ1) is 20.9. The van der Waals surface area contributed by atoms with Crippen molar-refractivity contribution in [3.8, 4) is 11.5 Å². The molecule has 0 aliphatic carbocycles. The molecular formula is C23H25ClN2O3S. The van der Waals surface area contributed by atoms with Crippen molar-refractivity contribution in [3.05, 3.63) is 52.0 Å². The Labute approximate surface area is 185 Å². The molecule has 7 heteroatoms. The molecule has 158 valence electrons. The minimum absolute atomic E-state index is 0.0443. The number of hydrogen-bond acceptors (Lipinski definition) is 5. The van der Waals surface area contributed by atoms with Gasteiger partial charge in [-0.25, -0.2) is 4.98 Å². The number of aromatic nitrogens is 1. The Balaban J connectivity index is 1.56. The van der Waals surface area contributed by atoms with Crippen molar-refractivity contribution in [3.63, 3.8) is 0 Å². The number of fused-ring (bicyclic) bond motifs is 1. The summed E-state index contributed by atoms with van der Waals surface area (Å²) in [5, 5.41) is 1.48. The van der Waals surface area contributed by atoms with Gasteiger partial charge in [0.05, 0.1) is 33.5 Å². The van der Waals surface area contributed by atoms with Crippen LogP contribution >= 0.6 is 22.9 Å². The lowest BCUT2D eigenvalue weighted by atomic mass is 9.98. The molecule has 5 nitrogen and oxygen atoms in total. The lowest BCUT2D eigenvalue weighted by Crippen LogP contribution is -2.39. The number of carbonyl (C=O) groups excluding carboxylic acids is 1. The van der Waals surface area contributed by atoms with Crippen LogP contribution in [0.2, 0.25) is 5.02 Å². The Morgan fingerprint density at radius 1 is 1.30 bits per heavy atom. The van der Waals surface area contributed by atoms with Gasteiger partial charge in [-0.1, -0.05) is 23.7 Å². The van der Waals surface area contributed by atoms with Crippen molar-refractivity contribution in [2.24, 2.45) is 0 Å². The van der Waals surface area contributed by atoms with Crippen LogP contribution in [0.3, 0.4) is 0 Å². The quantitative estimate of drug-likeness (QED) is 0.501. The molecule has 2 heterocycles. The second kappa shape index (κ2) is 8.82. The molecule has 1 amide bonds. The van der Waals surface area contributed by atoms with E-state index >= 15 is 0 Å². The zero-order chi connectivity index (χ0) is 21.3. The van der Waals surface area contributed by atoms with E-state index in [1.165, 1.54) is 4.70 Å². The van der Waals surface area contributed by atoms with Gasteiger partial charge in [0.2, 0.25) is 0 Å². The molecule has 1 atom stereocenters. The van der Waals surface area contributed by atoms with Gasteiger partial charge in [0.1, 0.15) is 0 Å². The number of thiazole rings is 1. The summed E-state index contributed by atoms with van der Waals surface area (Å²) in [5.41, 5.74) is 1.54. The van der Waals surface area contributed by atoms with Crippen LogP contribution in [-0.2, 0) is 0 Å². The highest BCUT2D eigenvalue weighted by molar-refractivity contribution is 7.18. The Morgan fingerprint density at radius 2 is 2.10 bits per heavy atom. The van der Waals surface area contributed by atoms with E-state index in [1.807, 2.05) is 36.9 Å². The topological polar surface area (TPSA) is 51.7 Å². The third kappa shape index (κ3) is 4.25. The zero-order valence-electron chi connectivity index (χ0n) is 17.4. The lowest BCUT2D eigenvalue weighted by Gasteiger charge is -2.32. The molecular weight excluding hydrogens is 420 g/mol. The smallest absolute Gasteiger partial charge is 0.254 e. The molecule has 0 bridgehead atoms. The standard InChI is InChI=1S/C23H25ClN2O3S/c1-14(2)29-21-17(24)11-16(12-19(21)28-3)23(27)26-10-6-7-15(13-26)22-25-18-8-4-5-9-20(18)30-22/h4-5,8-9,11-12,14-15H,6-7,10,13H2,1-3H3/t15-/m0/s1. The van der Waals surface area contributed by atoms with Crippen LogP contribution in [0, 0.1) is 0 Å². The number of nitrogens with zero attached hydrogens (tertiary/aromatic N) is 2. The van der Waals surface area contributed by atoms with Crippen molar-refractivity contribution in [2.45, 2.75) is 38.7 Å². The number of piperidine rings is 1. The highest BCUT2D eigenvalue weighted by Gasteiger charge is 2.28. The molecule has 0 spiro atoms. The molecule has 1 aromatic heterocycles. The summed E-state index contributed by atoms with van der Waals surface area (Å²) < 4.78 is 12.4. The fourth-order valence-corrected chi connectivity index (χ4v) is 5.15. The van der Waals surface area contributed by atoms with Crippen LogP contribution in [0.4, 0.5) is 0 Å². The van der Waals surface area contributed by atoms with Crippen LogP contribution in [0.25, 0.3) is 10.2 Å². The fraction of sp³-hybridized carbons (Fsp3) is 0.391. The number of hydrogen-bond donors (Lipinski definition) is 0. The number of para-hydroxylation sites is 1. The normalized spacial score (nSPS) is 16.8. The number of carbonyl (C=O) groups is 1. The van der Waals surface area contributed by atoms with E-state index in [2.05, 4.69) is 6.07 Å². The first-order valence-electron chi connectivity index (χ1n) is 10.1. The Bertz CT molecular complexity index is 1030. The molecule has 0 N–H and O–H groups in total. The van der Waals surface area contributed by atoms with Crippen LogP contribution in [0.5, 0.6) is 11.5 Å². The summed E-state index contributed by atoms with van der Waals surface area (Å²) in [6.45, 7) is 5.22. The number of likely N-dealkylation sites (tertiary alicyclic amines) is 1. The second-order valence-electron chi connectivity index (χ2n) is 7.77. The monoisotopic (exact) mass is 444 g/mol. The highest BCUT2D eigenvalue weighted by Crippen LogP contribution is 2.38. The number of amides is 1.